The number of nitrogens with one attached hydrogen (secondary N) is 1. The minimum atomic E-state index is -0.577. The van der Waals surface area contributed by atoms with E-state index < -0.39 is 5.91 Å². The summed E-state index contributed by atoms with van der Waals surface area (Å²) in [5, 5.41) is 12.9. The van der Waals surface area contributed by atoms with E-state index in [1.807, 2.05) is 37.3 Å². The van der Waals surface area contributed by atoms with Crippen molar-refractivity contribution in [2.24, 2.45) is 0 Å². The van der Waals surface area contributed by atoms with Crippen LogP contribution in [-0.2, 0) is 11.4 Å². The molecule has 3 aromatic rings. The molecular weight excluding hydrogens is 447 g/mol. The third-order valence-electron chi connectivity index (χ3n) is 4.54. The Kier molecular flexibility index (Phi) is 7.77. The van der Waals surface area contributed by atoms with Crippen molar-refractivity contribution < 1.29 is 14.3 Å². The molecule has 0 fully saturated rings. The zero-order chi connectivity index (χ0) is 23.1. The van der Waals surface area contributed by atoms with Gasteiger partial charge in [0.1, 0.15) is 29.7 Å². The lowest BCUT2D eigenvalue weighted by molar-refractivity contribution is -0.112. The minimum absolute atomic E-state index is 0.0957. The van der Waals surface area contributed by atoms with Crippen LogP contribution < -0.4 is 14.8 Å². The molecule has 5 nitrogen and oxygen atoms in total. The van der Waals surface area contributed by atoms with Crippen LogP contribution in [0.3, 0.4) is 0 Å². The molecule has 0 aliphatic carbocycles. The number of hydrogen-bond acceptors (Lipinski definition) is 4. The first-order valence-electron chi connectivity index (χ1n) is 9.64. The van der Waals surface area contributed by atoms with Crippen molar-refractivity contribution >= 4 is 40.9 Å². The molecule has 3 aromatic carbocycles. The average molecular weight is 467 g/mol. The lowest BCUT2D eigenvalue weighted by atomic mass is 10.1. The van der Waals surface area contributed by atoms with Gasteiger partial charge in [-0.15, -0.1) is 0 Å². The van der Waals surface area contributed by atoms with Crippen LogP contribution in [0.1, 0.15) is 16.7 Å². The van der Waals surface area contributed by atoms with Gasteiger partial charge in [0, 0.05) is 17.3 Å². The van der Waals surface area contributed by atoms with Crippen LogP contribution >= 0.6 is 23.2 Å². The predicted molar refractivity (Wildman–Crippen MR) is 127 cm³/mol. The second-order valence-corrected chi connectivity index (χ2v) is 7.75. The summed E-state index contributed by atoms with van der Waals surface area (Å²) in [4.78, 5) is 12.7. The smallest absolute Gasteiger partial charge is 0.266 e. The maximum absolute atomic E-state index is 12.7. The van der Waals surface area contributed by atoms with Crippen molar-refractivity contribution in [3.8, 4) is 17.6 Å². The molecule has 0 atom stereocenters. The van der Waals surface area contributed by atoms with E-state index in [9.17, 15) is 10.1 Å². The zero-order valence-corrected chi connectivity index (χ0v) is 19.0. The summed E-state index contributed by atoms with van der Waals surface area (Å²) < 4.78 is 11.3. The van der Waals surface area contributed by atoms with Crippen LogP contribution in [0.15, 0.2) is 66.2 Å². The first kappa shape index (κ1) is 23.2. The maximum atomic E-state index is 12.7. The number of methoxy groups -OCH3 is 1. The Bertz CT molecular complexity index is 1220. The summed E-state index contributed by atoms with van der Waals surface area (Å²) in [5.74, 6) is 0.507. The molecule has 0 unspecified atom stereocenters. The van der Waals surface area contributed by atoms with E-state index in [4.69, 9.17) is 32.7 Å². The van der Waals surface area contributed by atoms with Crippen molar-refractivity contribution in [1.29, 1.82) is 5.26 Å². The van der Waals surface area contributed by atoms with Gasteiger partial charge in [0.05, 0.1) is 17.2 Å². The molecule has 32 heavy (non-hydrogen) atoms. The van der Waals surface area contributed by atoms with Crippen molar-refractivity contribution in [2.75, 3.05) is 12.4 Å². The van der Waals surface area contributed by atoms with Crippen molar-refractivity contribution in [1.82, 2.24) is 0 Å². The molecule has 0 heterocycles. The third-order valence-corrected chi connectivity index (χ3v) is 5.28. The SMILES string of the molecule is COc1ccc(/C=C(\C#N)C(=O)Nc2ccc(Cl)c(Cl)c2)c(OCc2cccc(C)c2)c1. The van der Waals surface area contributed by atoms with Gasteiger partial charge in [-0.05, 0) is 48.9 Å². The molecule has 0 aliphatic rings. The van der Waals surface area contributed by atoms with E-state index in [0.717, 1.165) is 11.1 Å². The summed E-state index contributed by atoms with van der Waals surface area (Å²) in [7, 11) is 1.56. The predicted octanol–water partition coefficient (Wildman–Crippen LogP) is 6.44. The number of halogens is 2. The van der Waals surface area contributed by atoms with Crippen molar-refractivity contribution in [3.05, 3.63) is 93.0 Å². The Hall–Kier alpha value is -3.46. The number of ether oxygens (including phenoxy) is 2. The highest BCUT2D eigenvalue weighted by atomic mass is 35.5. The van der Waals surface area contributed by atoms with Crippen LogP contribution in [0.5, 0.6) is 11.5 Å². The highest BCUT2D eigenvalue weighted by Crippen LogP contribution is 2.29. The number of aryl methyl sites for hydroxylation is 1. The Balaban J connectivity index is 1.86. The Morgan fingerprint density at radius 2 is 1.91 bits per heavy atom. The molecule has 0 radical (unpaired) electrons. The number of carbonyl (C=O) groups excluding carboxylic acids is 1. The summed E-state index contributed by atoms with van der Waals surface area (Å²) >= 11 is 11.9. The number of amides is 1. The van der Waals surface area contributed by atoms with Crippen LogP contribution in [0.2, 0.25) is 10.0 Å². The van der Waals surface area contributed by atoms with Crippen molar-refractivity contribution in [3.63, 3.8) is 0 Å². The number of nitrogens with zero attached hydrogens (tertiary/aromatic N) is 1. The van der Waals surface area contributed by atoms with Gasteiger partial charge in [-0.25, -0.2) is 0 Å². The quantitative estimate of drug-likeness (QED) is 0.321. The second-order valence-electron chi connectivity index (χ2n) is 6.93. The average Bonchev–Trinajstić information content (AvgIpc) is 2.78. The van der Waals surface area contributed by atoms with E-state index in [-0.39, 0.29) is 5.57 Å². The molecule has 162 valence electrons. The fourth-order valence-corrected chi connectivity index (χ4v) is 3.22. The topological polar surface area (TPSA) is 71.3 Å². The van der Waals surface area contributed by atoms with Crippen LogP contribution in [0, 0.1) is 18.3 Å². The van der Waals surface area contributed by atoms with Gasteiger partial charge in [-0.2, -0.15) is 5.26 Å². The molecule has 0 saturated carbocycles. The maximum Gasteiger partial charge on any atom is 0.266 e. The lowest BCUT2D eigenvalue weighted by Gasteiger charge is -2.12. The molecule has 1 N–H and O–H groups in total. The molecule has 0 aliphatic heterocycles. The third kappa shape index (κ3) is 6.04. The number of rotatable bonds is 7. The monoisotopic (exact) mass is 466 g/mol. The molecule has 0 spiro atoms. The number of benzene rings is 3. The van der Waals surface area contributed by atoms with Crippen molar-refractivity contribution in [2.45, 2.75) is 13.5 Å². The van der Waals surface area contributed by atoms with E-state index in [1.165, 1.54) is 12.1 Å². The van der Waals surface area contributed by atoms with Gasteiger partial charge < -0.3 is 14.8 Å². The van der Waals surface area contributed by atoms with Crippen LogP contribution in [0.25, 0.3) is 6.08 Å². The van der Waals surface area contributed by atoms with E-state index in [1.54, 1.807) is 37.4 Å². The first-order valence-corrected chi connectivity index (χ1v) is 10.4. The fraction of sp³-hybridized carbons (Fsp3) is 0.120. The normalized spacial score (nSPS) is 10.9. The highest BCUT2D eigenvalue weighted by Gasteiger charge is 2.13. The first-order chi connectivity index (χ1) is 15.4. The largest absolute Gasteiger partial charge is 0.497 e. The molecular formula is C25H20Cl2N2O3. The highest BCUT2D eigenvalue weighted by molar-refractivity contribution is 6.42. The Labute approximate surface area is 196 Å². The zero-order valence-electron chi connectivity index (χ0n) is 17.5. The van der Waals surface area contributed by atoms with E-state index in [2.05, 4.69) is 5.32 Å². The van der Waals surface area contributed by atoms with E-state index in [0.29, 0.717) is 39.4 Å². The summed E-state index contributed by atoms with van der Waals surface area (Å²) in [5.41, 5.74) is 3.03. The number of anilines is 1. The second kappa shape index (κ2) is 10.7. The van der Waals surface area contributed by atoms with Gasteiger partial charge in [0.25, 0.3) is 5.91 Å². The number of nitriles is 1. The standard InChI is InChI=1S/C25H20Cl2N2O3/c1-16-4-3-5-17(10-16)15-32-24-13-21(31-2)8-6-18(24)11-19(14-28)25(30)29-20-7-9-22(26)23(27)12-20/h3-13H,15H2,1-2H3,(H,29,30)/b19-11+. The fourth-order valence-electron chi connectivity index (χ4n) is 2.93. The molecule has 0 aromatic heterocycles. The molecule has 0 saturated heterocycles. The molecule has 1 amide bonds. The van der Waals surface area contributed by atoms with Gasteiger partial charge in [0.2, 0.25) is 0 Å². The summed E-state index contributed by atoms with van der Waals surface area (Å²) in [6.45, 7) is 2.34. The molecule has 0 bridgehead atoms. The Morgan fingerprint density at radius 3 is 2.59 bits per heavy atom. The molecule has 7 heteroatoms. The van der Waals surface area contributed by atoms with E-state index >= 15 is 0 Å². The van der Waals surface area contributed by atoms with Gasteiger partial charge in [0.15, 0.2) is 0 Å². The summed E-state index contributed by atoms with van der Waals surface area (Å²) in [6.07, 6.45) is 1.47. The molecule has 3 rings (SSSR count). The summed E-state index contributed by atoms with van der Waals surface area (Å²) in [6, 6.07) is 19.8. The lowest BCUT2D eigenvalue weighted by Crippen LogP contribution is -2.13. The van der Waals surface area contributed by atoms with Gasteiger partial charge >= 0.3 is 0 Å². The van der Waals surface area contributed by atoms with Crippen LogP contribution in [0.4, 0.5) is 5.69 Å². The number of hydrogen-bond donors (Lipinski definition) is 1. The minimum Gasteiger partial charge on any atom is -0.497 e. The Morgan fingerprint density at radius 1 is 1.09 bits per heavy atom. The van der Waals surface area contributed by atoms with Crippen LogP contribution in [-0.4, -0.2) is 13.0 Å². The number of carbonyl (C=O) groups is 1. The van der Waals surface area contributed by atoms with Gasteiger partial charge in [-0.3, -0.25) is 4.79 Å². The van der Waals surface area contributed by atoms with Gasteiger partial charge in [-0.1, -0.05) is 53.0 Å².